The average Bonchev–Trinajstić information content (AvgIpc) is 3.01. The first-order valence-corrected chi connectivity index (χ1v) is 9.62. The van der Waals surface area contributed by atoms with Gasteiger partial charge < -0.3 is 10.6 Å². The van der Waals surface area contributed by atoms with Gasteiger partial charge in [-0.1, -0.05) is 0 Å². The minimum Gasteiger partial charge on any atom is -0.341 e. The number of nitrogens with zero attached hydrogens (tertiary/aromatic N) is 2. The fourth-order valence-electron chi connectivity index (χ4n) is 3.36. The van der Waals surface area contributed by atoms with E-state index in [4.69, 9.17) is 5.73 Å². The van der Waals surface area contributed by atoms with Gasteiger partial charge in [0.25, 0.3) is 0 Å². The molecule has 2 fully saturated rings. The Kier molecular flexibility index (Phi) is 4.89. The molecular formula is C16H22FN3O3S. The maximum absolute atomic E-state index is 13.0. The summed E-state index contributed by atoms with van der Waals surface area (Å²) in [4.78, 5) is 14.4. The molecule has 0 spiro atoms. The Morgan fingerprint density at radius 1 is 1.12 bits per heavy atom. The highest BCUT2D eigenvalue weighted by Crippen LogP contribution is 2.26. The van der Waals surface area contributed by atoms with Gasteiger partial charge in [-0.2, -0.15) is 4.31 Å². The lowest BCUT2D eigenvalue weighted by atomic mass is 9.98. The third kappa shape index (κ3) is 3.45. The number of benzene rings is 1. The molecule has 1 aromatic carbocycles. The Hall–Kier alpha value is -1.51. The molecule has 2 aliphatic heterocycles. The number of piperidine rings is 1. The zero-order chi connectivity index (χ0) is 17.3. The van der Waals surface area contributed by atoms with Crippen molar-refractivity contribution in [3.05, 3.63) is 30.1 Å². The zero-order valence-corrected chi connectivity index (χ0v) is 14.2. The Morgan fingerprint density at radius 3 is 2.46 bits per heavy atom. The van der Waals surface area contributed by atoms with Crippen molar-refractivity contribution >= 4 is 15.9 Å². The normalized spacial score (nSPS) is 25.8. The molecule has 0 aromatic heterocycles. The number of likely N-dealkylation sites (tertiary alicyclic amines) is 1. The highest BCUT2D eigenvalue weighted by molar-refractivity contribution is 7.89. The van der Waals surface area contributed by atoms with Crippen molar-refractivity contribution in [3.63, 3.8) is 0 Å². The number of sulfonamides is 1. The maximum Gasteiger partial charge on any atom is 0.243 e. The van der Waals surface area contributed by atoms with Crippen LogP contribution in [0.1, 0.15) is 19.3 Å². The summed E-state index contributed by atoms with van der Waals surface area (Å²) < 4.78 is 39.8. The van der Waals surface area contributed by atoms with Crippen molar-refractivity contribution in [2.45, 2.75) is 30.2 Å². The monoisotopic (exact) mass is 355 g/mol. The number of nitrogens with two attached hydrogens (primary N) is 1. The summed E-state index contributed by atoms with van der Waals surface area (Å²) in [5.41, 5.74) is 5.85. The Balaban J connectivity index is 1.73. The summed E-state index contributed by atoms with van der Waals surface area (Å²) >= 11 is 0. The van der Waals surface area contributed by atoms with Gasteiger partial charge in [0.15, 0.2) is 0 Å². The van der Waals surface area contributed by atoms with E-state index >= 15 is 0 Å². The fraction of sp³-hybridized carbons (Fsp3) is 0.562. The number of amides is 1. The van der Waals surface area contributed by atoms with Crippen molar-refractivity contribution in [2.24, 2.45) is 11.7 Å². The molecule has 1 aromatic rings. The molecule has 2 saturated heterocycles. The van der Waals surface area contributed by atoms with Crippen LogP contribution in [0.2, 0.25) is 0 Å². The van der Waals surface area contributed by atoms with Gasteiger partial charge >= 0.3 is 0 Å². The van der Waals surface area contributed by atoms with E-state index in [9.17, 15) is 17.6 Å². The molecule has 2 atom stereocenters. The Labute approximate surface area is 141 Å². The number of hydrogen-bond acceptors (Lipinski definition) is 4. The van der Waals surface area contributed by atoms with Crippen molar-refractivity contribution in [3.8, 4) is 0 Å². The minimum absolute atomic E-state index is 0.0107. The first kappa shape index (κ1) is 17.3. The number of halogens is 1. The largest absolute Gasteiger partial charge is 0.341 e. The van der Waals surface area contributed by atoms with Gasteiger partial charge in [0, 0.05) is 32.2 Å². The smallest absolute Gasteiger partial charge is 0.243 e. The SMILES string of the molecule is N[C@@H]1CCN(C(=O)C2CCCN(S(=O)(=O)c3ccc(F)cc3)C2)C1. The van der Waals surface area contributed by atoms with Crippen LogP contribution in [0.5, 0.6) is 0 Å². The van der Waals surface area contributed by atoms with Crippen molar-refractivity contribution < 1.29 is 17.6 Å². The molecule has 1 amide bonds. The van der Waals surface area contributed by atoms with E-state index in [1.165, 1.54) is 16.4 Å². The first-order chi connectivity index (χ1) is 11.4. The van der Waals surface area contributed by atoms with Crippen LogP contribution >= 0.6 is 0 Å². The topological polar surface area (TPSA) is 83.7 Å². The maximum atomic E-state index is 13.0. The van der Waals surface area contributed by atoms with Crippen molar-refractivity contribution in [1.29, 1.82) is 0 Å². The molecule has 0 bridgehead atoms. The van der Waals surface area contributed by atoms with E-state index in [-0.39, 0.29) is 29.3 Å². The number of hydrogen-bond donors (Lipinski definition) is 1. The van der Waals surface area contributed by atoms with Gasteiger partial charge in [0.1, 0.15) is 5.82 Å². The van der Waals surface area contributed by atoms with Gasteiger partial charge in [-0.05, 0) is 43.5 Å². The van der Waals surface area contributed by atoms with E-state index in [0.29, 0.717) is 32.5 Å². The van der Waals surface area contributed by atoms with Crippen LogP contribution in [-0.2, 0) is 14.8 Å². The molecule has 2 heterocycles. The summed E-state index contributed by atoms with van der Waals surface area (Å²) in [6, 6.07) is 4.79. The summed E-state index contributed by atoms with van der Waals surface area (Å²) in [7, 11) is -3.71. The molecule has 2 N–H and O–H groups in total. The highest BCUT2D eigenvalue weighted by atomic mass is 32.2. The quantitative estimate of drug-likeness (QED) is 0.869. The summed E-state index contributed by atoms with van der Waals surface area (Å²) in [6.45, 7) is 1.73. The van der Waals surface area contributed by atoms with Gasteiger partial charge in [-0.15, -0.1) is 0 Å². The number of carbonyl (C=O) groups is 1. The standard InChI is InChI=1S/C16H22FN3O3S/c17-13-3-5-15(6-4-13)24(22,23)20-8-1-2-12(10-20)16(21)19-9-7-14(18)11-19/h3-6,12,14H,1-2,7-11,18H2/t12?,14-/m1/s1. The van der Waals surface area contributed by atoms with Gasteiger partial charge in [-0.3, -0.25) is 4.79 Å². The third-order valence-corrected chi connectivity index (χ3v) is 6.60. The molecule has 24 heavy (non-hydrogen) atoms. The highest BCUT2D eigenvalue weighted by Gasteiger charge is 2.36. The van der Waals surface area contributed by atoms with Crippen LogP contribution < -0.4 is 5.73 Å². The summed E-state index contributed by atoms with van der Waals surface area (Å²) in [5, 5.41) is 0. The third-order valence-electron chi connectivity index (χ3n) is 4.72. The number of carbonyl (C=O) groups excluding carboxylic acids is 1. The van der Waals surface area contributed by atoms with E-state index < -0.39 is 15.8 Å². The van der Waals surface area contributed by atoms with Crippen LogP contribution in [0.15, 0.2) is 29.2 Å². The lowest BCUT2D eigenvalue weighted by molar-refractivity contribution is -0.135. The molecule has 0 saturated carbocycles. The van der Waals surface area contributed by atoms with Crippen molar-refractivity contribution in [1.82, 2.24) is 9.21 Å². The van der Waals surface area contributed by atoms with Gasteiger partial charge in [-0.25, -0.2) is 12.8 Å². The molecule has 0 radical (unpaired) electrons. The molecule has 6 nitrogen and oxygen atoms in total. The predicted octanol–water partition coefficient (Wildman–Crippen LogP) is 0.786. The number of rotatable bonds is 3. The lowest BCUT2D eigenvalue weighted by Gasteiger charge is -2.33. The average molecular weight is 355 g/mol. The molecular weight excluding hydrogens is 333 g/mol. The van der Waals surface area contributed by atoms with E-state index in [1.54, 1.807) is 4.90 Å². The molecule has 1 unspecified atom stereocenters. The Bertz CT molecular complexity index is 708. The van der Waals surface area contributed by atoms with Crippen LogP contribution in [0.25, 0.3) is 0 Å². The molecule has 0 aliphatic carbocycles. The van der Waals surface area contributed by atoms with E-state index in [0.717, 1.165) is 18.6 Å². The lowest BCUT2D eigenvalue weighted by Crippen LogP contribution is -2.46. The second kappa shape index (κ2) is 6.78. The summed E-state index contributed by atoms with van der Waals surface area (Å²) in [5.74, 6) is -0.827. The van der Waals surface area contributed by atoms with Gasteiger partial charge in [0.2, 0.25) is 15.9 Å². The Morgan fingerprint density at radius 2 is 1.83 bits per heavy atom. The van der Waals surface area contributed by atoms with Crippen LogP contribution in [0.4, 0.5) is 4.39 Å². The van der Waals surface area contributed by atoms with E-state index in [2.05, 4.69) is 0 Å². The second-order valence-corrected chi connectivity index (χ2v) is 8.43. The molecule has 8 heteroatoms. The van der Waals surface area contributed by atoms with Crippen molar-refractivity contribution in [2.75, 3.05) is 26.2 Å². The van der Waals surface area contributed by atoms with E-state index in [1.807, 2.05) is 0 Å². The first-order valence-electron chi connectivity index (χ1n) is 8.18. The second-order valence-electron chi connectivity index (χ2n) is 6.49. The summed E-state index contributed by atoms with van der Waals surface area (Å²) in [6.07, 6.45) is 2.10. The molecule has 132 valence electrons. The van der Waals surface area contributed by atoms with Crippen LogP contribution in [0, 0.1) is 11.7 Å². The predicted molar refractivity (Wildman–Crippen MR) is 87.1 cm³/mol. The molecule has 2 aliphatic rings. The van der Waals surface area contributed by atoms with Crippen LogP contribution in [0.3, 0.4) is 0 Å². The molecule has 3 rings (SSSR count). The minimum atomic E-state index is -3.71. The van der Waals surface area contributed by atoms with Crippen LogP contribution in [-0.4, -0.2) is 55.8 Å². The zero-order valence-electron chi connectivity index (χ0n) is 13.4. The fourth-order valence-corrected chi connectivity index (χ4v) is 4.89. The van der Waals surface area contributed by atoms with Gasteiger partial charge in [0.05, 0.1) is 10.8 Å².